The van der Waals surface area contributed by atoms with E-state index in [2.05, 4.69) is 36.5 Å². The number of hydrogen-bond donors (Lipinski definition) is 1. The van der Waals surface area contributed by atoms with Gasteiger partial charge in [-0.2, -0.15) is 0 Å². The van der Waals surface area contributed by atoms with E-state index in [1.54, 1.807) is 0 Å². The summed E-state index contributed by atoms with van der Waals surface area (Å²) in [6.07, 6.45) is 4.68. The zero-order chi connectivity index (χ0) is 14.4. The van der Waals surface area contributed by atoms with Gasteiger partial charge in [0.25, 0.3) is 0 Å². The van der Waals surface area contributed by atoms with Gasteiger partial charge in [0.15, 0.2) is 0 Å². The van der Waals surface area contributed by atoms with Gasteiger partial charge < -0.3 is 10.2 Å². The molecule has 1 aliphatic heterocycles. The summed E-state index contributed by atoms with van der Waals surface area (Å²) in [7, 11) is 1.96. The summed E-state index contributed by atoms with van der Waals surface area (Å²) in [6.45, 7) is 4.22. The quantitative estimate of drug-likeness (QED) is 0.907. The van der Waals surface area contributed by atoms with Crippen LogP contribution in [-0.4, -0.2) is 37.0 Å². The Morgan fingerprint density at radius 1 is 1.19 bits per heavy atom. The maximum atomic E-state index is 12.2. The van der Waals surface area contributed by atoms with Crippen molar-refractivity contribution in [1.82, 2.24) is 10.2 Å². The Morgan fingerprint density at radius 2 is 1.76 bits per heavy atom. The van der Waals surface area contributed by atoms with E-state index in [0.717, 1.165) is 38.8 Å². The number of halogens is 1. The van der Waals surface area contributed by atoms with Gasteiger partial charge in [0.1, 0.15) is 0 Å². The zero-order valence-electron chi connectivity index (χ0n) is 13.1. The fraction of sp³-hybridized carbons (Fsp3) is 0.588. The Kier molecular flexibility index (Phi) is 7.76. The lowest BCUT2D eigenvalue weighted by atomic mass is 10.0. The molecule has 1 heterocycles. The van der Waals surface area contributed by atoms with Crippen molar-refractivity contribution >= 4 is 18.3 Å². The molecule has 1 N–H and O–H groups in total. The molecule has 0 aliphatic carbocycles. The van der Waals surface area contributed by atoms with Crippen LogP contribution in [0.1, 0.15) is 37.3 Å². The van der Waals surface area contributed by atoms with Crippen molar-refractivity contribution in [2.45, 2.75) is 45.1 Å². The second-order valence-corrected chi connectivity index (χ2v) is 5.66. The molecule has 0 aromatic heterocycles. The summed E-state index contributed by atoms with van der Waals surface area (Å²) in [5.41, 5.74) is 2.61. The van der Waals surface area contributed by atoms with Crippen molar-refractivity contribution in [1.29, 1.82) is 0 Å². The Hall–Kier alpha value is -1.06. The lowest BCUT2D eigenvalue weighted by Crippen LogP contribution is -2.44. The van der Waals surface area contributed by atoms with Crippen LogP contribution in [0.3, 0.4) is 0 Å². The fourth-order valence-electron chi connectivity index (χ4n) is 2.77. The number of benzene rings is 1. The third-order valence-electron chi connectivity index (χ3n) is 4.31. The number of nitrogens with zero attached hydrogens (tertiary/aromatic N) is 1. The lowest BCUT2D eigenvalue weighted by molar-refractivity contribution is -0.132. The van der Waals surface area contributed by atoms with Crippen molar-refractivity contribution < 1.29 is 4.79 Å². The number of nitrogens with one attached hydrogen (secondary N) is 1. The van der Waals surface area contributed by atoms with Crippen LogP contribution in [0.5, 0.6) is 0 Å². The monoisotopic (exact) mass is 310 g/mol. The van der Waals surface area contributed by atoms with Crippen LogP contribution < -0.4 is 5.32 Å². The van der Waals surface area contributed by atoms with Gasteiger partial charge in [0, 0.05) is 19.5 Å². The standard InChI is InChI=1S/C17H26N2O.ClH/c1-3-14-4-6-15(7-5-14)8-9-17(20)19(2)16-10-12-18-13-11-16;/h4-7,16,18H,3,8-13H2,1-2H3;1H. The Morgan fingerprint density at radius 3 is 2.33 bits per heavy atom. The third kappa shape index (κ3) is 5.33. The van der Waals surface area contributed by atoms with E-state index in [9.17, 15) is 4.79 Å². The number of rotatable bonds is 5. The smallest absolute Gasteiger partial charge is 0.222 e. The highest BCUT2D eigenvalue weighted by Gasteiger charge is 2.21. The second kappa shape index (κ2) is 9.06. The predicted molar refractivity (Wildman–Crippen MR) is 90.1 cm³/mol. The van der Waals surface area contributed by atoms with Crippen molar-refractivity contribution in [3.8, 4) is 0 Å². The first-order valence-electron chi connectivity index (χ1n) is 7.75. The molecule has 2 rings (SSSR count). The van der Waals surface area contributed by atoms with E-state index >= 15 is 0 Å². The van der Waals surface area contributed by atoms with E-state index in [1.807, 2.05) is 11.9 Å². The molecule has 0 bridgehead atoms. The molecule has 0 spiro atoms. The number of aryl methyl sites for hydroxylation is 2. The van der Waals surface area contributed by atoms with Crippen LogP contribution >= 0.6 is 12.4 Å². The molecule has 0 atom stereocenters. The summed E-state index contributed by atoms with van der Waals surface area (Å²) in [4.78, 5) is 14.2. The summed E-state index contributed by atoms with van der Waals surface area (Å²) >= 11 is 0. The topological polar surface area (TPSA) is 32.3 Å². The molecule has 1 saturated heterocycles. The number of piperidine rings is 1. The predicted octanol–water partition coefficient (Wildman–Crippen LogP) is 2.81. The average molecular weight is 311 g/mol. The molecule has 1 aromatic rings. The maximum Gasteiger partial charge on any atom is 0.222 e. The molecular formula is C17H27ClN2O. The lowest BCUT2D eigenvalue weighted by Gasteiger charge is -2.31. The molecular weight excluding hydrogens is 284 g/mol. The van der Waals surface area contributed by atoms with Gasteiger partial charge in [-0.15, -0.1) is 12.4 Å². The molecule has 1 fully saturated rings. The largest absolute Gasteiger partial charge is 0.343 e. The molecule has 0 saturated carbocycles. The van der Waals surface area contributed by atoms with E-state index in [4.69, 9.17) is 0 Å². The fourth-order valence-corrected chi connectivity index (χ4v) is 2.77. The minimum atomic E-state index is 0. The van der Waals surface area contributed by atoms with Crippen molar-refractivity contribution in [3.05, 3.63) is 35.4 Å². The van der Waals surface area contributed by atoms with Gasteiger partial charge in [-0.1, -0.05) is 31.2 Å². The van der Waals surface area contributed by atoms with Gasteiger partial charge >= 0.3 is 0 Å². The van der Waals surface area contributed by atoms with E-state index in [-0.39, 0.29) is 18.3 Å². The van der Waals surface area contributed by atoms with E-state index < -0.39 is 0 Å². The SMILES string of the molecule is CCc1ccc(CCC(=O)N(C)C2CCNCC2)cc1.Cl. The van der Waals surface area contributed by atoms with Crippen LogP contribution in [0.4, 0.5) is 0 Å². The van der Waals surface area contributed by atoms with Gasteiger partial charge in [-0.3, -0.25) is 4.79 Å². The molecule has 1 aromatic carbocycles. The second-order valence-electron chi connectivity index (χ2n) is 5.66. The van der Waals surface area contributed by atoms with Crippen LogP contribution in [0.25, 0.3) is 0 Å². The molecule has 1 amide bonds. The highest BCUT2D eigenvalue weighted by atomic mass is 35.5. The maximum absolute atomic E-state index is 12.2. The van der Waals surface area contributed by atoms with Crippen LogP contribution in [0.2, 0.25) is 0 Å². The molecule has 118 valence electrons. The molecule has 0 radical (unpaired) electrons. The highest BCUT2D eigenvalue weighted by molar-refractivity contribution is 5.85. The van der Waals surface area contributed by atoms with Crippen LogP contribution in [0, 0.1) is 0 Å². The number of hydrogen-bond acceptors (Lipinski definition) is 2. The highest BCUT2D eigenvalue weighted by Crippen LogP contribution is 2.13. The number of carbonyl (C=O) groups excluding carboxylic acids is 1. The first-order valence-corrected chi connectivity index (χ1v) is 7.75. The summed E-state index contributed by atoms with van der Waals surface area (Å²) in [5.74, 6) is 0.275. The summed E-state index contributed by atoms with van der Waals surface area (Å²) in [6, 6.07) is 9.05. The Balaban J connectivity index is 0.00000220. The first kappa shape index (κ1) is 18.0. The van der Waals surface area contributed by atoms with E-state index in [0.29, 0.717) is 12.5 Å². The van der Waals surface area contributed by atoms with Crippen LogP contribution in [-0.2, 0) is 17.6 Å². The Labute approximate surface area is 134 Å². The van der Waals surface area contributed by atoms with Gasteiger partial charge in [-0.05, 0) is 49.9 Å². The normalized spacial score (nSPS) is 15.3. The third-order valence-corrected chi connectivity index (χ3v) is 4.31. The van der Waals surface area contributed by atoms with Gasteiger partial charge in [0.2, 0.25) is 5.91 Å². The first-order chi connectivity index (χ1) is 9.70. The average Bonchev–Trinajstić information content (AvgIpc) is 2.53. The van der Waals surface area contributed by atoms with Crippen molar-refractivity contribution in [2.75, 3.05) is 20.1 Å². The van der Waals surface area contributed by atoms with Crippen molar-refractivity contribution in [2.24, 2.45) is 0 Å². The number of carbonyl (C=O) groups is 1. The number of amides is 1. The minimum Gasteiger partial charge on any atom is -0.343 e. The zero-order valence-corrected chi connectivity index (χ0v) is 13.9. The van der Waals surface area contributed by atoms with Crippen LogP contribution in [0.15, 0.2) is 24.3 Å². The molecule has 3 nitrogen and oxygen atoms in total. The summed E-state index contributed by atoms with van der Waals surface area (Å²) < 4.78 is 0. The van der Waals surface area contributed by atoms with Crippen molar-refractivity contribution in [3.63, 3.8) is 0 Å². The van der Waals surface area contributed by atoms with E-state index in [1.165, 1.54) is 11.1 Å². The van der Waals surface area contributed by atoms with Gasteiger partial charge in [-0.25, -0.2) is 0 Å². The molecule has 0 unspecified atom stereocenters. The molecule has 1 aliphatic rings. The Bertz CT molecular complexity index is 427. The summed E-state index contributed by atoms with van der Waals surface area (Å²) in [5, 5.41) is 3.34. The molecule has 21 heavy (non-hydrogen) atoms. The van der Waals surface area contributed by atoms with Gasteiger partial charge in [0.05, 0.1) is 0 Å². The molecule has 4 heteroatoms. The minimum absolute atomic E-state index is 0.